The maximum Gasteiger partial charge on any atom is 0.240 e. The Bertz CT molecular complexity index is 1210. The molecule has 0 radical (unpaired) electrons. The number of nitrogens with one attached hydrogen (secondary N) is 2. The van der Waals surface area contributed by atoms with Gasteiger partial charge in [0.25, 0.3) is 0 Å². The SMILES string of the molecule is O=S(=O)(NCCCNc1nccc(-n2ccc3cccnc32)n1)c1ccccc1. The third kappa shape index (κ3) is 4.41. The molecule has 0 atom stereocenters. The zero-order valence-corrected chi connectivity index (χ0v) is 16.4. The lowest BCUT2D eigenvalue weighted by atomic mass is 10.3. The predicted molar refractivity (Wildman–Crippen MR) is 111 cm³/mol. The van der Waals surface area contributed by atoms with E-state index in [1.807, 2.05) is 35.0 Å². The zero-order valence-electron chi connectivity index (χ0n) is 15.6. The average molecular weight is 408 g/mol. The van der Waals surface area contributed by atoms with E-state index in [0.29, 0.717) is 31.3 Å². The number of hydrogen-bond acceptors (Lipinski definition) is 6. The Balaban J connectivity index is 1.34. The smallest absolute Gasteiger partial charge is 0.240 e. The lowest BCUT2D eigenvalue weighted by Gasteiger charge is -2.09. The summed E-state index contributed by atoms with van der Waals surface area (Å²) < 4.78 is 28.9. The third-order valence-corrected chi connectivity index (χ3v) is 5.80. The summed E-state index contributed by atoms with van der Waals surface area (Å²) >= 11 is 0. The first kappa shape index (κ1) is 19.0. The highest BCUT2D eigenvalue weighted by Crippen LogP contribution is 2.17. The molecule has 0 bridgehead atoms. The van der Waals surface area contributed by atoms with Crippen LogP contribution in [0.1, 0.15) is 6.42 Å². The molecule has 0 spiro atoms. The summed E-state index contributed by atoms with van der Waals surface area (Å²) in [6, 6.07) is 16.0. The van der Waals surface area contributed by atoms with Crippen LogP contribution in [0, 0.1) is 0 Å². The van der Waals surface area contributed by atoms with Crippen LogP contribution in [0.2, 0.25) is 0 Å². The van der Waals surface area contributed by atoms with E-state index in [-0.39, 0.29) is 4.90 Å². The number of hydrogen-bond donors (Lipinski definition) is 2. The number of nitrogens with zero attached hydrogens (tertiary/aromatic N) is 4. The highest BCUT2D eigenvalue weighted by Gasteiger charge is 2.12. The molecule has 1 aromatic carbocycles. The Labute approximate surface area is 168 Å². The van der Waals surface area contributed by atoms with Crippen molar-refractivity contribution in [2.45, 2.75) is 11.3 Å². The van der Waals surface area contributed by atoms with Crippen molar-refractivity contribution in [2.75, 3.05) is 18.4 Å². The van der Waals surface area contributed by atoms with Crippen LogP contribution < -0.4 is 10.0 Å². The second kappa shape index (κ2) is 8.38. The second-order valence-electron chi connectivity index (χ2n) is 6.33. The van der Waals surface area contributed by atoms with Crippen LogP contribution in [0.5, 0.6) is 0 Å². The van der Waals surface area contributed by atoms with Gasteiger partial charge < -0.3 is 5.32 Å². The molecule has 3 aromatic heterocycles. The Morgan fingerprint density at radius 2 is 1.76 bits per heavy atom. The van der Waals surface area contributed by atoms with E-state index in [0.717, 1.165) is 11.0 Å². The predicted octanol–water partition coefficient (Wildman–Crippen LogP) is 2.60. The number of anilines is 1. The first-order valence-electron chi connectivity index (χ1n) is 9.17. The van der Waals surface area contributed by atoms with E-state index in [2.05, 4.69) is 25.0 Å². The number of fused-ring (bicyclic) bond motifs is 1. The molecule has 3 heterocycles. The summed E-state index contributed by atoms with van der Waals surface area (Å²) in [6.07, 6.45) is 5.93. The molecule has 4 rings (SSSR count). The number of rotatable bonds is 8. The molecule has 9 heteroatoms. The van der Waals surface area contributed by atoms with Gasteiger partial charge in [-0.05, 0) is 42.8 Å². The van der Waals surface area contributed by atoms with E-state index < -0.39 is 10.0 Å². The number of pyridine rings is 1. The van der Waals surface area contributed by atoms with Crippen molar-refractivity contribution in [1.82, 2.24) is 24.2 Å². The van der Waals surface area contributed by atoms with Gasteiger partial charge in [0.1, 0.15) is 11.5 Å². The molecule has 0 aliphatic carbocycles. The van der Waals surface area contributed by atoms with E-state index >= 15 is 0 Å². The Kier molecular flexibility index (Phi) is 5.50. The van der Waals surface area contributed by atoms with Gasteiger partial charge in [0, 0.05) is 37.1 Å². The van der Waals surface area contributed by atoms with Gasteiger partial charge in [-0.1, -0.05) is 18.2 Å². The second-order valence-corrected chi connectivity index (χ2v) is 8.10. The Morgan fingerprint density at radius 1 is 0.897 bits per heavy atom. The average Bonchev–Trinajstić information content (AvgIpc) is 3.18. The Hall–Kier alpha value is -3.30. The summed E-state index contributed by atoms with van der Waals surface area (Å²) in [5.74, 6) is 1.19. The maximum absolute atomic E-state index is 12.2. The standard InChI is InChI=1S/C20H20N6O2S/c27-29(28,17-7-2-1-3-8-17)24-13-5-12-22-20-23-14-9-18(25-20)26-15-10-16-6-4-11-21-19(16)26/h1-4,6-11,14-15,24H,5,12-13H2,(H,22,23,25). The van der Waals surface area contributed by atoms with Crippen molar-refractivity contribution in [3.05, 3.63) is 73.2 Å². The number of aromatic nitrogens is 4. The van der Waals surface area contributed by atoms with Crippen LogP contribution in [0.4, 0.5) is 5.95 Å². The van der Waals surface area contributed by atoms with Crippen molar-refractivity contribution in [2.24, 2.45) is 0 Å². The fourth-order valence-corrected chi connectivity index (χ4v) is 3.99. The summed E-state index contributed by atoms with van der Waals surface area (Å²) in [7, 11) is -3.48. The van der Waals surface area contributed by atoms with E-state index in [4.69, 9.17) is 0 Å². The highest BCUT2D eigenvalue weighted by atomic mass is 32.2. The van der Waals surface area contributed by atoms with Gasteiger partial charge in [0.05, 0.1) is 4.90 Å². The third-order valence-electron chi connectivity index (χ3n) is 4.32. The highest BCUT2D eigenvalue weighted by molar-refractivity contribution is 7.89. The molecule has 0 saturated heterocycles. The molecule has 0 aliphatic rings. The molecule has 148 valence electrons. The largest absolute Gasteiger partial charge is 0.354 e. The summed E-state index contributed by atoms with van der Waals surface area (Å²) in [4.78, 5) is 13.4. The molecule has 0 aliphatic heterocycles. The first-order valence-corrected chi connectivity index (χ1v) is 10.7. The zero-order chi connectivity index (χ0) is 20.1. The fourth-order valence-electron chi connectivity index (χ4n) is 2.90. The molecule has 2 N–H and O–H groups in total. The molecule has 0 amide bonds. The van der Waals surface area contributed by atoms with Gasteiger partial charge in [0.2, 0.25) is 16.0 Å². The maximum atomic E-state index is 12.2. The molecule has 0 fully saturated rings. The van der Waals surface area contributed by atoms with Crippen molar-refractivity contribution in [1.29, 1.82) is 0 Å². The van der Waals surface area contributed by atoms with Crippen LogP contribution in [-0.4, -0.2) is 41.0 Å². The topological polar surface area (TPSA) is 102 Å². The van der Waals surface area contributed by atoms with Crippen molar-refractivity contribution in [3.8, 4) is 5.82 Å². The van der Waals surface area contributed by atoms with E-state index in [9.17, 15) is 8.42 Å². The molecule has 29 heavy (non-hydrogen) atoms. The van der Waals surface area contributed by atoms with Crippen LogP contribution in [0.25, 0.3) is 16.9 Å². The van der Waals surface area contributed by atoms with Crippen molar-refractivity contribution < 1.29 is 8.42 Å². The van der Waals surface area contributed by atoms with Crippen LogP contribution >= 0.6 is 0 Å². The molecule has 0 unspecified atom stereocenters. The molecule has 4 aromatic rings. The van der Waals surface area contributed by atoms with E-state index in [1.54, 1.807) is 42.7 Å². The van der Waals surface area contributed by atoms with Crippen molar-refractivity contribution >= 4 is 27.0 Å². The van der Waals surface area contributed by atoms with Crippen LogP contribution in [0.15, 0.2) is 78.1 Å². The minimum absolute atomic E-state index is 0.261. The minimum atomic E-state index is -3.48. The van der Waals surface area contributed by atoms with Gasteiger partial charge in [-0.25, -0.2) is 23.1 Å². The van der Waals surface area contributed by atoms with Crippen molar-refractivity contribution in [3.63, 3.8) is 0 Å². The quantitative estimate of drug-likeness (QED) is 0.435. The van der Waals surface area contributed by atoms with E-state index in [1.165, 1.54) is 0 Å². The molecule has 8 nitrogen and oxygen atoms in total. The summed E-state index contributed by atoms with van der Waals surface area (Å²) in [5, 5.41) is 4.16. The monoisotopic (exact) mass is 408 g/mol. The molecule has 0 saturated carbocycles. The molecular weight excluding hydrogens is 388 g/mol. The fraction of sp³-hybridized carbons (Fsp3) is 0.150. The Morgan fingerprint density at radius 3 is 2.62 bits per heavy atom. The molecular formula is C20H20N6O2S. The summed E-state index contributed by atoms with van der Waals surface area (Å²) in [5.41, 5.74) is 0.826. The minimum Gasteiger partial charge on any atom is -0.354 e. The lowest BCUT2D eigenvalue weighted by Crippen LogP contribution is -2.26. The van der Waals surface area contributed by atoms with Gasteiger partial charge >= 0.3 is 0 Å². The van der Waals surface area contributed by atoms with Gasteiger partial charge in [-0.2, -0.15) is 4.98 Å². The lowest BCUT2D eigenvalue weighted by molar-refractivity contribution is 0.580. The van der Waals surface area contributed by atoms with Crippen LogP contribution in [-0.2, 0) is 10.0 Å². The number of sulfonamides is 1. The van der Waals surface area contributed by atoms with Gasteiger partial charge in [-0.15, -0.1) is 0 Å². The van der Waals surface area contributed by atoms with Gasteiger partial charge in [-0.3, -0.25) is 4.57 Å². The normalized spacial score (nSPS) is 11.6. The number of benzene rings is 1. The first-order chi connectivity index (χ1) is 14.1. The summed E-state index contributed by atoms with van der Waals surface area (Å²) in [6.45, 7) is 0.849. The van der Waals surface area contributed by atoms with Gasteiger partial charge in [0.15, 0.2) is 0 Å². The van der Waals surface area contributed by atoms with Crippen LogP contribution in [0.3, 0.4) is 0 Å².